The Morgan fingerprint density at radius 1 is 1.18 bits per heavy atom. The van der Waals surface area contributed by atoms with Crippen LogP contribution in [0.1, 0.15) is 65.7 Å². The largest absolute Gasteiger partial charge is 0.462 e. The van der Waals surface area contributed by atoms with Crippen LogP contribution in [0, 0.1) is 28.6 Å². The van der Waals surface area contributed by atoms with E-state index in [0.717, 1.165) is 38.5 Å². The Kier molecular flexibility index (Phi) is 5.30. The number of rotatable bonds is 2. The van der Waals surface area contributed by atoms with Crippen molar-refractivity contribution in [3.05, 3.63) is 0 Å². The van der Waals surface area contributed by atoms with E-state index < -0.39 is 4.87 Å². The molecule has 0 bridgehead atoms. The number of aliphatic hydroxyl groups is 1. The quantitative estimate of drug-likeness (QED) is 0.510. The normalized spacial score (nSPS) is 55.8. The molecule has 4 aliphatic carbocycles. The molecule has 0 aromatic rings. The van der Waals surface area contributed by atoms with Crippen LogP contribution in [0.15, 0.2) is 0 Å². The zero-order valence-electron chi connectivity index (χ0n) is 17.5. The number of carbonyl (C=O) groups is 1. The van der Waals surface area contributed by atoms with Gasteiger partial charge in [-0.25, -0.2) is 0 Å². The summed E-state index contributed by atoms with van der Waals surface area (Å²) in [6, 6.07) is 0.155. The minimum atomic E-state index is -0.540. The number of halogens is 2. The molecule has 0 heterocycles. The zero-order valence-corrected chi connectivity index (χ0v) is 19.0. The molecule has 28 heavy (non-hydrogen) atoms. The van der Waals surface area contributed by atoms with Crippen molar-refractivity contribution in [2.75, 3.05) is 7.05 Å². The maximum absolute atomic E-state index is 11.5. The summed E-state index contributed by atoms with van der Waals surface area (Å²) in [7, 11) is 1.97. The van der Waals surface area contributed by atoms with Gasteiger partial charge in [-0.3, -0.25) is 4.79 Å². The highest BCUT2D eigenvalue weighted by Crippen LogP contribution is 2.69. The average molecular weight is 432 g/mol. The summed E-state index contributed by atoms with van der Waals surface area (Å²) in [4.78, 5) is 10.9. The van der Waals surface area contributed by atoms with Gasteiger partial charge in [0.2, 0.25) is 0 Å². The lowest BCUT2D eigenvalue weighted by atomic mass is 9.44. The second-order valence-corrected chi connectivity index (χ2v) is 11.6. The fraction of sp³-hybridized carbons (Fsp3) is 0.955. The Balaban J connectivity index is 1.64. The Hall–Kier alpha value is -0.0300. The zero-order chi connectivity index (χ0) is 20.5. The summed E-state index contributed by atoms with van der Waals surface area (Å²) >= 11 is 14.4. The number of ether oxygens (including phenoxy) is 1. The highest BCUT2D eigenvalue weighted by Gasteiger charge is 2.68. The van der Waals surface area contributed by atoms with Gasteiger partial charge in [0.15, 0.2) is 0 Å². The molecule has 4 rings (SSSR count). The summed E-state index contributed by atoms with van der Waals surface area (Å²) in [5, 5.41) is 14.0. The molecule has 0 amide bonds. The lowest BCUT2D eigenvalue weighted by Gasteiger charge is -2.65. The molecule has 2 N–H and O–H groups in total. The first-order valence-corrected chi connectivity index (χ1v) is 11.7. The Morgan fingerprint density at radius 3 is 2.54 bits per heavy atom. The fourth-order valence-electron chi connectivity index (χ4n) is 8.02. The number of alkyl halides is 2. The molecule has 0 saturated heterocycles. The maximum atomic E-state index is 11.5. The number of nitrogens with one attached hydrogen (secondary N) is 1. The van der Waals surface area contributed by atoms with Crippen molar-refractivity contribution in [1.82, 2.24) is 5.32 Å². The predicted molar refractivity (Wildman–Crippen MR) is 112 cm³/mol. The fourth-order valence-corrected chi connectivity index (χ4v) is 9.06. The Labute approximate surface area is 179 Å². The molecule has 6 heteroatoms. The molecule has 160 valence electrons. The van der Waals surface area contributed by atoms with Crippen molar-refractivity contribution in [2.45, 2.75) is 94.2 Å². The van der Waals surface area contributed by atoms with Crippen LogP contribution >= 0.6 is 23.2 Å². The molecule has 0 unspecified atom stereocenters. The second kappa shape index (κ2) is 7.00. The molecule has 4 aliphatic rings. The molecule has 0 radical (unpaired) electrons. The SMILES string of the molecule is CN[C@H]1[C@H](O)C[C@H]2[C@@H]3C[C@@H](Cl)[C@@]4(Cl)C[C@@H](OC(C)=O)CC[C@]4(C)[C@H]3CC[C@@]21C. The molecule has 0 aromatic carbocycles. The first kappa shape index (κ1) is 21.2. The van der Waals surface area contributed by atoms with Crippen molar-refractivity contribution < 1.29 is 14.6 Å². The van der Waals surface area contributed by atoms with Crippen molar-refractivity contribution in [3.8, 4) is 0 Å². The van der Waals surface area contributed by atoms with Gasteiger partial charge in [0.1, 0.15) is 6.10 Å². The van der Waals surface area contributed by atoms with Gasteiger partial charge in [-0.1, -0.05) is 13.8 Å². The van der Waals surface area contributed by atoms with E-state index >= 15 is 0 Å². The Morgan fingerprint density at radius 2 is 1.89 bits per heavy atom. The summed E-state index contributed by atoms with van der Waals surface area (Å²) < 4.78 is 5.54. The number of esters is 1. The highest BCUT2D eigenvalue weighted by atomic mass is 35.5. The van der Waals surface area contributed by atoms with Crippen LogP contribution in [0.4, 0.5) is 0 Å². The van der Waals surface area contributed by atoms with E-state index in [1.165, 1.54) is 6.92 Å². The van der Waals surface area contributed by atoms with Gasteiger partial charge in [-0.15, -0.1) is 23.2 Å². The molecule has 10 atom stereocenters. The molecule has 4 fully saturated rings. The maximum Gasteiger partial charge on any atom is 0.302 e. The number of hydrogen-bond acceptors (Lipinski definition) is 4. The minimum Gasteiger partial charge on any atom is -0.462 e. The van der Waals surface area contributed by atoms with Crippen molar-refractivity contribution in [1.29, 1.82) is 0 Å². The highest BCUT2D eigenvalue weighted by molar-refractivity contribution is 6.33. The molecular weight excluding hydrogens is 397 g/mol. The van der Waals surface area contributed by atoms with Gasteiger partial charge in [0, 0.05) is 19.4 Å². The monoisotopic (exact) mass is 431 g/mol. The van der Waals surface area contributed by atoms with Gasteiger partial charge in [0.05, 0.1) is 16.4 Å². The smallest absolute Gasteiger partial charge is 0.302 e. The number of carbonyl (C=O) groups excluding carboxylic acids is 1. The van der Waals surface area contributed by atoms with Gasteiger partial charge in [-0.05, 0) is 74.2 Å². The van der Waals surface area contributed by atoms with Crippen molar-refractivity contribution in [2.24, 2.45) is 28.6 Å². The second-order valence-electron chi connectivity index (χ2n) is 10.4. The van der Waals surface area contributed by atoms with Crippen LogP contribution in [0.2, 0.25) is 0 Å². The molecule has 0 aromatic heterocycles. The van der Waals surface area contributed by atoms with Crippen LogP contribution in [-0.4, -0.2) is 46.6 Å². The summed E-state index contributed by atoms with van der Waals surface area (Å²) in [6.07, 6.45) is 6.03. The standard InChI is InChI=1S/C22H35Cl2NO3/c1-12(26)28-13-5-8-21(3)15-6-7-20(2)16(10-17(27)19(20)25-4)14(15)9-18(23)22(21,24)11-13/h13-19,25,27H,5-11H2,1-4H3/t13-,14+,15-,16-,17+,18+,19-,20-,21+,22-/m0/s1. The van der Waals surface area contributed by atoms with Gasteiger partial charge < -0.3 is 15.2 Å². The van der Waals surface area contributed by atoms with Crippen molar-refractivity contribution >= 4 is 29.2 Å². The molecule has 4 nitrogen and oxygen atoms in total. The number of likely N-dealkylation sites (N-methyl/N-ethyl adjacent to an activating group) is 1. The van der Waals surface area contributed by atoms with E-state index in [-0.39, 0.29) is 40.4 Å². The third kappa shape index (κ3) is 2.81. The number of aliphatic hydroxyl groups excluding tert-OH is 1. The van der Waals surface area contributed by atoms with Crippen LogP contribution in [0.3, 0.4) is 0 Å². The van der Waals surface area contributed by atoms with E-state index in [1.807, 2.05) is 7.05 Å². The molecular formula is C22H35Cl2NO3. The Bertz CT molecular complexity index is 647. The van der Waals surface area contributed by atoms with Crippen LogP contribution in [0.25, 0.3) is 0 Å². The third-order valence-electron chi connectivity index (χ3n) is 9.36. The average Bonchev–Trinajstić information content (AvgIpc) is 2.87. The predicted octanol–water partition coefficient (Wildman–Crippen LogP) is 4.10. The van der Waals surface area contributed by atoms with Crippen LogP contribution in [0.5, 0.6) is 0 Å². The topological polar surface area (TPSA) is 58.6 Å². The lowest BCUT2D eigenvalue weighted by Crippen LogP contribution is -2.65. The third-order valence-corrected chi connectivity index (χ3v) is 10.9. The number of fused-ring (bicyclic) bond motifs is 5. The first-order chi connectivity index (χ1) is 13.1. The molecule has 4 saturated carbocycles. The van der Waals surface area contributed by atoms with Gasteiger partial charge in [0.25, 0.3) is 0 Å². The van der Waals surface area contributed by atoms with Crippen LogP contribution < -0.4 is 5.32 Å². The molecule has 0 spiro atoms. The van der Waals surface area contributed by atoms with E-state index in [1.54, 1.807) is 0 Å². The van der Waals surface area contributed by atoms with Gasteiger partial charge >= 0.3 is 5.97 Å². The van der Waals surface area contributed by atoms with E-state index in [4.69, 9.17) is 27.9 Å². The first-order valence-electron chi connectivity index (χ1n) is 10.9. The van der Waals surface area contributed by atoms with Crippen molar-refractivity contribution in [3.63, 3.8) is 0 Å². The van der Waals surface area contributed by atoms with Crippen LogP contribution in [-0.2, 0) is 9.53 Å². The summed E-state index contributed by atoms with van der Waals surface area (Å²) in [6.45, 7) is 6.16. The number of hydrogen-bond donors (Lipinski definition) is 2. The summed E-state index contributed by atoms with van der Waals surface area (Å²) in [5.74, 6) is 1.25. The van der Waals surface area contributed by atoms with E-state index in [9.17, 15) is 9.90 Å². The molecule has 0 aliphatic heterocycles. The van der Waals surface area contributed by atoms with E-state index in [0.29, 0.717) is 24.2 Å². The minimum absolute atomic E-state index is 0.0649. The van der Waals surface area contributed by atoms with Gasteiger partial charge in [-0.2, -0.15) is 0 Å². The van der Waals surface area contributed by atoms with E-state index in [2.05, 4.69) is 19.2 Å². The summed E-state index contributed by atoms with van der Waals surface area (Å²) in [5.41, 5.74) is 0.0497. The lowest BCUT2D eigenvalue weighted by molar-refractivity contribution is -0.156.